The lowest BCUT2D eigenvalue weighted by Gasteiger charge is -2.27. The van der Waals surface area contributed by atoms with Crippen molar-refractivity contribution >= 4 is 16.8 Å². The number of rotatable bonds is 8. The molecule has 1 fully saturated rings. The number of Topliss-reactive ketones (excluding diaryl/α,β-unsaturated/α-hetero) is 1. The molecule has 2 aromatic carbocycles. The number of nitrogens with zero attached hydrogens (tertiary/aromatic N) is 1. The number of ketones is 1. The molecule has 2 N–H and O–H groups in total. The minimum absolute atomic E-state index is 0.0779. The van der Waals surface area contributed by atoms with Crippen molar-refractivity contribution in [3.05, 3.63) is 80.7 Å². The molecular formula is C28H32N2O5. The van der Waals surface area contributed by atoms with Crippen LogP contribution in [0, 0.1) is 6.92 Å². The Morgan fingerprint density at radius 3 is 2.66 bits per heavy atom. The molecule has 0 unspecified atom stereocenters. The number of nitrogens with one attached hydrogen (secondary N) is 1. The van der Waals surface area contributed by atoms with Gasteiger partial charge in [0.15, 0.2) is 5.78 Å². The monoisotopic (exact) mass is 476 g/mol. The summed E-state index contributed by atoms with van der Waals surface area (Å²) in [6.07, 6.45) is 2.45. The van der Waals surface area contributed by atoms with Crippen LogP contribution in [-0.2, 0) is 12.8 Å². The number of carbonyl (C=O) groups excluding carboxylic acids is 1. The van der Waals surface area contributed by atoms with E-state index >= 15 is 0 Å². The standard InChI is InChI=1S/C28H32N2O5/c1-18(2)4-5-20-14-21(6-8-24(20)31)25(32)16-23-15-22-7-9-26(19(3)27(22)35-28(23)33)34-17-30-12-10-29-11-13-30/h4,6-9,14-15,29,31H,5,10-13,16-17H2,1-3H3. The average molecular weight is 477 g/mol. The summed E-state index contributed by atoms with van der Waals surface area (Å²) in [4.78, 5) is 27.9. The second kappa shape index (κ2) is 10.9. The average Bonchev–Trinajstić information content (AvgIpc) is 2.84. The number of phenolic OH excluding ortho intramolecular Hbond substituents is 1. The fourth-order valence-corrected chi connectivity index (χ4v) is 4.14. The maximum Gasteiger partial charge on any atom is 0.339 e. The van der Waals surface area contributed by atoms with E-state index in [-0.39, 0.29) is 18.0 Å². The van der Waals surface area contributed by atoms with Crippen molar-refractivity contribution in [3.63, 3.8) is 0 Å². The minimum atomic E-state index is -0.531. The quantitative estimate of drug-likeness (QED) is 0.289. The van der Waals surface area contributed by atoms with Gasteiger partial charge in [0.1, 0.15) is 23.8 Å². The number of fused-ring (bicyclic) bond motifs is 1. The Morgan fingerprint density at radius 1 is 1.14 bits per heavy atom. The number of hydrogen-bond acceptors (Lipinski definition) is 7. The van der Waals surface area contributed by atoms with Crippen LogP contribution < -0.4 is 15.7 Å². The van der Waals surface area contributed by atoms with Crippen LogP contribution in [0.4, 0.5) is 0 Å². The zero-order valence-electron chi connectivity index (χ0n) is 20.5. The van der Waals surface area contributed by atoms with Crippen molar-refractivity contribution in [1.29, 1.82) is 0 Å². The number of aryl methyl sites for hydroxylation is 1. The van der Waals surface area contributed by atoms with Gasteiger partial charge in [0.2, 0.25) is 0 Å². The van der Waals surface area contributed by atoms with Crippen LogP contribution in [0.5, 0.6) is 11.5 Å². The molecule has 1 aliphatic heterocycles. The number of piperazine rings is 1. The van der Waals surface area contributed by atoms with E-state index in [0.717, 1.165) is 42.7 Å². The van der Waals surface area contributed by atoms with E-state index in [1.165, 1.54) is 6.07 Å². The molecule has 3 aromatic rings. The smallest absolute Gasteiger partial charge is 0.339 e. The van der Waals surface area contributed by atoms with Crippen molar-refractivity contribution in [2.24, 2.45) is 0 Å². The first-order valence-electron chi connectivity index (χ1n) is 11.9. The third kappa shape index (κ3) is 5.99. The van der Waals surface area contributed by atoms with Crippen molar-refractivity contribution in [3.8, 4) is 11.5 Å². The first-order valence-corrected chi connectivity index (χ1v) is 11.9. The third-order valence-electron chi connectivity index (χ3n) is 6.27. The largest absolute Gasteiger partial charge is 0.508 e. The van der Waals surface area contributed by atoms with E-state index in [1.54, 1.807) is 18.2 Å². The zero-order valence-corrected chi connectivity index (χ0v) is 20.5. The Kier molecular flexibility index (Phi) is 7.68. The lowest BCUT2D eigenvalue weighted by Crippen LogP contribution is -2.44. The van der Waals surface area contributed by atoms with Crippen LogP contribution in [0.3, 0.4) is 0 Å². The normalized spacial score (nSPS) is 14.1. The predicted molar refractivity (Wildman–Crippen MR) is 136 cm³/mol. The fraction of sp³-hybridized carbons (Fsp3) is 0.357. The molecule has 7 heteroatoms. The maximum atomic E-state index is 13.0. The number of hydrogen-bond donors (Lipinski definition) is 2. The molecule has 1 aromatic heterocycles. The van der Waals surface area contributed by atoms with Gasteiger partial charge in [-0.25, -0.2) is 4.79 Å². The summed E-state index contributed by atoms with van der Waals surface area (Å²) < 4.78 is 11.6. The summed E-state index contributed by atoms with van der Waals surface area (Å²) in [6, 6.07) is 10.2. The van der Waals surface area contributed by atoms with Gasteiger partial charge in [-0.15, -0.1) is 0 Å². The molecule has 35 heavy (non-hydrogen) atoms. The van der Waals surface area contributed by atoms with E-state index in [2.05, 4.69) is 10.2 Å². The van der Waals surface area contributed by atoms with E-state index in [1.807, 2.05) is 39.0 Å². The predicted octanol–water partition coefficient (Wildman–Crippen LogP) is 3.98. The topological polar surface area (TPSA) is 92.0 Å². The third-order valence-corrected chi connectivity index (χ3v) is 6.27. The molecule has 4 rings (SSSR count). The van der Waals surface area contributed by atoms with Crippen molar-refractivity contribution in [2.45, 2.75) is 33.6 Å². The van der Waals surface area contributed by atoms with Gasteiger partial charge < -0.3 is 19.6 Å². The molecule has 1 aliphatic rings. The van der Waals surface area contributed by atoms with Crippen molar-refractivity contribution < 1.29 is 19.1 Å². The Morgan fingerprint density at radius 2 is 1.91 bits per heavy atom. The second-order valence-electron chi connectivity index (χ2n) is 9.24. The zero-order chi connectivity index (χ0) is 24.9. The molecule has 0 saturated carbocycles. The molecule has 0 spiro atoms. The lowest BCUT2D eigenvalue weighted by molar-refractivity contribution is 0.0992. The molecule has 0 atom stereocenters. The van der Waals surface area contributed by atoms with Crippen LogP contribution >= 0.6 is 0 Å². The van der Waals surface area contributed by atoms with Gasteiger partial charge in [-0.2, -0.15) is 0 Å². The summed E-state index contributed by atoms with van der Waals surface area (Å²) in [5.74, 6) is 0.619. The van der Waals surface area contributed by atoms with Gasteiger partial charge in [-0.3, -0.25) is 9.69 Å². The number of carbonyl (C=O) groups is 1. The van der Waals surface area contributed by atoms with Crippen LogP contribution in [-0.4, -0.2) is 48.7 Å². The van der Waals surface area contributed by atoms with Gasteiger partial charge in [0.25, 0.3) is 0 Å². The second-order valence-corrected chi connectivity index (χ2v) is 9.24. The molecule has 2 heterocycles. The van der Waals surface area contributed by atoms with Gasteiger partial charge in [0.05, 0.1) is 0 Å². The molecule has 0 bridgehead atoms. The number of aromatic hydroxyl groups is 1. The Labute approximate surface area is 205 Å². The summed E-state index contributed by atoms with van der Waals surface area (Å²) in [7, 11) is 0. The van der Waals surface area contributed by atoms with Crippen LogP contribution in [0.1, 0.15) is 40.9 Å². The fourth-order valence-electron chi connectivity index (χ4n) is 4.14. The van der Waals surface area contributed by atoms with Crippen LogP contribution in [0.25, 0.3) is 11.0 Å². The molecule has 7 nitrogen and oxygen atoms in total. The van der Waals surface area contributed by atoms with Crippen LogP contribution in [0.15, 0.2) is 57.3 Å². The molecule has 0 radical (unpaired) electrons. The molecular weight excluding hydrogens is 444 g/mol. The summed E-state index contributed by atoms with van der Waals surface area (Å²) in [5.41, 5.74) is 3.25. The van der Waals surface area contributed by atoms with Crippen LogP contribution in [0.2, 0.25) is 0 Å². The summed E-state index contributed by atoms with van der Waals surface area (Å²) in [6.45, 7) is 10.0. The number of benzene rings is 2. The molecule has 0 amide bonds. The van der Waals surface area contributed by atoms with E-state index in [9.17, 15) is 14.7 Å². The molecule has 0 aliphatic carbocycles. The van der Waals surface area contributed by atoms with Crippen molar-refractivity contribution in [2.75, 3.05) is 32.9 Å². The first-order chi connectivity index (χ1) is 16.8. The Bertz CT molecular complexity index is 1310. The lowest BCUT2D eigenvalue weighted by atomic mass is 9.99. The Balaban J connectivity index is 1.52. The summed E-state index contributed by atoms with van der Waals surface area (Å²) in [5, 5.41) is 14.2. The number of ether oxygens (including phenoxy) is 1. The Hall–Kier alpha value is -3.42. The highest BCUT2D eigenvalue weighted by Crippen LogP contribution is 2.28. The highest BCUT2D eigenvalue weighted by molar-refractivity contribution is 5.98. The van der Waals surface area contributed by atoms with Gasteiger partial charge >= 0.3 is 5.63 Å². The minimum Gasteiger partial charge on any atom is -0.508 e. The van der Waals surface area contributed by atoms with Gasteiger partial charge in [-0.1, -0.05) is 11.6 Å². The van der Waals surface area contributed by atoms with E-state index in [4.69, 9.17) is 9.15 Å². The highest BCUT2D eigenvalue weighted by atomic mass is 16.5. The van der Waals surface area contributed by atoms with E-state index in [0.29, 0.717) is 41.2 Å². The van der Waals surface area contributed by atoms with Crippen molar-refractivity contribution in [1.82, 2.24) is 10.2 Å². The summed E-state index contributed by atoms with van der Waals surface area (Å²) >= 11 is 0. The number of phenols is 1. The highest BCUT2D eigenvalue weighted by Gasteiger charge is 2.17. The maximum absolute atomic E-state index is 13.0. The SMILES string of the molecule is CC(C)=CCc1cc(C(=O)Cc2cc3ccc(OCN4CCNCC4)c(C)c3oc2=O)ccc1O. The first kappa shape index (κ1) is 24.7. The van der Waals surface area contributed by atoms with Gasteiger partial charge in [-0.05, 0) is 69.2 Å². The van der Waals surface area contributed by atoms with E-state index < -0.39 is 5.63 Å². The molecule has 184 valence electrons. The molecule has 1 saturated heterocycles. The van der Waals surface area contributed by atoms with Gasteiger partial charge in [0, 0.05) is 54.7 Å². The number of allylic oxidation sites excluding steroid dienone is 2.